The summed E-state index contributed by atoms with van der Waals surface area (Å²) >= 11 is 3.52. The molecule has 0 aliphatic heterocycles. The van der Waals surface area contributed by atoms with Crippen LogP contribution in [0.3, 0.4) is 0 Å². The summed E-state index contributed by atoms with van der Waals surface area (Å²) in [5, 5.41) is 12.3. The lowest BCUT2D eigenvalue weighted by Gasteiger charge is -2.14. The number of nitrogens with zero attached hydrogens (tertiary/aromatic N) is 1. The van der Waals surface area contributed by atoms with Gasteiger partial charge in [-0.05, 0) is 67.4 Å². The number of carbonyl (C=O) groups is 1. The van der Waals surface area contributed by atoms with Gasteiger partial charge in [-0.3, -0.25) is 4.79 Å². The molecular weight excluding hydrogens is 487 g/mol. The predicted octanol–water partition coefficient (Wildman–Crippen LogP) is 6.38. The minimum atomic E-state index is -0.393. The van der Waals surface area contributed by atoms with E-state index in [1.807, 2.05) is 38.1 Å². The molecule has 5 nitrogen and oxygen atoms in total. The van der Waals surface area contributed by atoms with Gasteiger partial charge in [0.15, 0.2) is 18.1 Å². The molecule has 3 aromatic rings. The lowest BCUT2D eigenvalue weighted by molar-refractivity contribution is -0.118. The molecule has 0 aliphatic carbocycles. The molecule has 0 heterocycles. The predicted molar refractivity (Wildman–Crippen MR) is 130 cm³/mol. The van der Waals surface area contributed by atoms with Crippen LogP contribution in [0.15, 0.2) is 65.1 Å². The monoisotopic (exact) mass is 508 g/mol. The molecule has 1 amide bonds. The van der Waals surface area contributed by atoms with Gasteiger partial charge in [0, 0.05) is 10.2 Å². The number of nitriles is 1. The number of rotatable bonds is 8. The molecule has 3 aromatic carbocycles. The van der Waals surface area contributed by atoms with Crippen LogP contribution in [0.5, 0.6) is 11.5 Å². The average Bonchev–Trinajstić information content (AvgIpc) is 2.80. The summed E-state index contributed by atoms with van der Waals surface area (Å²) in [4.78, 5) is 12.2. The minimum absolute atomic E-state index is 0.258. The number of amides is 1. The van der Waals surface area contributed by atoms with Crippen LogP contribution in [-0.2, 0) is 4.79 Å². The van der Waals surface area contributed by atoms with Crippen LogP contribution < -0.4 is 14.8 Å². The fourth-order valence-corrected chi connectivity index (χ4v) is 3.42. The van der Waals surface area contributed by atoms with Crippen LogP contribution in [0.25, 0.3) is 11.6 Å². The summed E-state index contributed by atoms with van der Waals surface area (Å²) < 4.78 is 25.1. The number of nitrogens with one attached hydrogen (secondary N) is 1. The third-order valence-electron chi connectivity index (χ3n) is 4.63. The first-order valence-electron chi connectivity index (χ1n) is 10.2. The van der Waals surface area contributed by atoms with Crippen molar-refractivity contribution in [2.45, 2.75) is 13.8 Å². The van der Waals surface area contributed by atoms with Gasteiger partial charge in [0.1, 0.15) is 5.82 Å². The normalized spacial score (nSPS) is 10.9. The van der Waals surface area contributed by atoms with Crippen molar-refractivity contribution in [3.05, 3.63) is 87.6 Å². The summed E-state index contributed by atoms with van der Waals surface area (Å²) in [5.41, 5.74) is 3.63. The van der Waals surface area contributed by atoms with Gasteiger partial charge in [-0.25, -0.2) is 4.39 Å². The van der Waals surface area contributed by atoms with E-state index in [9.17, 15) is 14.4 Å². The molecule has 0 saturated carbocycles. The Morgan fingerprint density at radius 2 is 1.76 bits per heavy atom. The standard InChI is InChI=1S/C26H22BrFN2O3/c1-3-32-24-13-19(12-20(15-29)18-6-4-17(2)5-7-18)23(27)14-25(24)33-16-26(31)30-22-10-8-21(28)9-11-22/h4-14H,3,16H2,1-2H3,(H,30,31)/b20-12-. The van der Waals surface area contributed by atoms with Gasteiger partial charge < -0.3 is 14.8 Å². The average molecular weight is 509 g/mol. The lowest BCUT2D eigenvalue weighted by Crippen LogP contribution is -2.20. The number of anilines is 1. The first-order valence-corrected chi connectivity index (χ1v) is 11.0. The third-order valence-corrected chi connectivity index (χ3v) is 5.32. The van der Waals surface area contributed by atoms with E-state index >= 15 is 0 Å². The number of hydrogen-bond donors (Lipinski definition) is 1. The maximum absolute atomic E-state index is 13.0. The minimum Gasteiger partial charge on any atom is -0.490 e. The SMILES string of the molecule is CCOc1cc(/C=C(/C#N)c2ccc(C)cc2)c(Br)cc1OCC(=O)Nc1ccc(F)cc1. The highest BCUT2D eigenvalue weighted by atomic mass is 79.9. The molecule has 0 atom stereocenters. The zero-order valence-corrected chi connectivity index (χ0v) is 19.8. The second-order valence-corrected chi connectivity index (χ2v) is 7.99. The number of benzene rings is 3. The van der Waals surface area contributed by atoms with Crippen LogP contribution in [-0.4, -0.2) is 19.1 Å². The molecule has 0 bridgehead atoms. The van der Waals surface area contributed by atoms with E-state index in [1.54, 1.807) is 18.2 Å². The highest BCUT2D eigenvalue weighted by molar-refractivity contribution is 9.10. The fourth-order valence-electron chi connectivity index (χ4n) is 2.98. The maximum atomic E-state index is 13.0. The van der Waals surface area contributed by atoms with Gasteiger partial charge in [-0.15, -0.1) is 0 Å². The van der Waals surface area contributed by atoms with E-state index < -0.39 is 5.91 Å². The van der Waals surface area contributed by atoms with E-state index in [2.05, 4.69) is 27.3 Å². The number of ether oxygens (including phenoxy) is 2. The Kier molecular flexibility index (Phi) is 8.22. The Balaban J connectivity index is 1.80. The van der Waals surface area contributed by atoms with E-state index in [1.165, 1.54) is 24.3 Å². The molecule has 0 saturated heterocycles. The Morgan fingerprint density at radius 3 is 2.39 bits per heavy atom. The van der Waals surface area contributed by atoms with Gasteiger partial charge in [0.05, 0.1) is 18.2 Å². The number of carbonyl (C=O) groups excluding carboxylic acids is 1. The van der Waals surface area contributed by atoms with Crippen LogP contribution in [0.2, 0.25) is 0 Å². The summed E-state index contributed by atoms with van der Waals surface area (Å²) in [6.07, 6.45) is 1.77. The van der Waals surface area contributed by atoms with Crippen LogP contribution >= 0.6 is 15.9 Å². The highest BCUT2D eigenvalue weighted by Crippen LogP contribution is 2.35. The summed E-state index contributed by atoms with van der Waals surface area (Å²) in [5.74, 6) is 0.0496. The van der Waals surface area contributed by atoms with Crippen molar-refractivity contribution < 1.29 is 18.7 Å². The van der Waals surface area contributed by atoms with Crippen molar-refractivity contribution >= 4 is 39.2 Å². The highest BCUT2D eigenvalue weighted by Gasteiger charge is 2.13. The molecule has 0 aliphatic rings. The molecule has 1 N–H and O–H groups in total. The maximum Gasteiger partial charge on any atom is 0.262 e. The Labute approximate surface area is 200 Å². The van der Waals surface area contributed by atoms with Gasteiger partial charge in [-0.2, -0.15) is 5.26 Å². The molecule has 3 rings (SSSR count). The molecule has 7 heteroatoms. The lowest BCUT2D eigenvalue weighted by atomic mass is 10.0. The van der Waals surface area contributed by atoms with E-state index in [0.29, 0.717) is 33.8 Å². The zero-order valence-electron chi connectivity index (χ0n) is 18.2. The van der Waals surface area contributed by atoms with Crippen LogP contribution in [0.4, 0.5) is 10.1 Å². The van der Waals surface area contributed by atoms with Gasteiger partial charge in [0.2, 0.25) is 0 Å². The van der Waals surface area contributed by atoms with Crippen LogP contribution in [0.1, 0.15) is 23.6 Å². The second kappa shape index (κ2) is 11.3. The molecule has 168 valence electrons. The Hall–Kier alpha value is -3.63. The smallest absolute Gasteiger partial charge is 0.262 e. The summed E-state index contributed by atoms with van der Waals surface area (Å²) in [6, 6.07) is 18.9. The Bertz CT molecular complexity index is 1200. The fraction of sp³-hybridized carbons (Fsp3) is 0.154. The van der Waals surface area contributed by atoms with Gasteiger partial charge in [0.25, 0.3) is 5.91 Å². The van der Waals surface area contributed by atoms with E-state index in [-0.39, 0.29) is 12.4 Å². The first-order chi connectivity index (χ1) is 15.9. The molecule has 0 spiro atoms. The number of aryl methyl sites for hydroxylation is 1. The molecule has 0 aromatic heterocycles. The summed E-state index contributed by atoms with van der Waals surface area (Å²) in [7, 11) is 0. The van der Waals surface area contributed by atoms with Crippen molar-refractivity contribution in [1.29, 1.82) is 5.26 Å². The molecule has 0 radical (unpaired) electrons. The zero-order chi connectivity index (χ0) is 23.8. The first kappa shape index (κ1) is 24.0. The van der Waals surface area contributed by atoms with Crippen molar-refractivity contribution in [2.24, 2.45) is 0 Å². The van der Waals surface area contributed by atoms with E-state index in [0.717, 1.165) is 16.7 Å². The number of allylic oxidation sites excluding steroid dienone is 1. The van der Waals surface area contributed by atoms with Crippen molar-refractivity contribution in [3.63, 3.8) is 0 Å². The van der Waals surface area contributed by atoms with Crippen molar-refractivity contribution in [3.8, 4) is 17.6 Å². The third kappa shape index (κ3) is 6.67. The quantitative estimate of drug-likeness (QED) is 0.283. The van der Waals surface area contributed by atoms with E-state index in [4.69, 9.17) is 9.47 Å². The second-order valence-electron chi connectivity index (χ2n) is 7.13. The molecular formula is C26H22BrFN2O3. The van der Waals surface area contributed by atoms with Crippen LogP contribution in [0, 0.1) is 24.1 Å². The van der Waals surface area contributed by atoms with Gasteiger partial charge >= 0.3 is 0 Å². The molecule has 0 unspecified atom stereocenters. The number of hydrogen-bond acceptors (Lipinski definition) is 4. The Morgan fingerprint density at radius 1 is 1.09 bits per heavy atom. The number of halogens is 2. The summed E-state index contributed by atoms with van der Waals surface area (Å²) in [6.45, 7) is 3.97. The topological polar surface area (TPSA) is 71.3 Å². The van der Waals surface area contributed by atoms with Crippen molar-refractivity contribution in [2.75, 3.05) is 18.5 Å². The van der Waals surface area contributed by atoms with Crippen molar-refractivity contribution in [1.82, 2.24) is 0 Å². The molecule has 33 heavy (non-hydrogen) atoms. The largest absolute Gasteiger partial charge is 0.490 e. The molecule has 0 fully saturated rings. The van der Waals surface area contributed by atoms with Gasteiger partial charge in [-0.1, -0.05) is 45.8 Å².